The molecule has 2 heterocycles. The highest BCUT2D eigenvalue weighted by atomic mass is 16.5. The molecule has 1 aliphatic heterocycles. The highest BCUT2D eigenvalue weighted by molar-refractivity contribution is 6.19. The van der Waals surface area contributed by atoms with E-state index in [-0.39, 0.29) is 25.3 Å². The quantitative estimate of drug-likeness (QED) is 0.589. The lowest BCUT2D eigenvalue weighted by Gasteiger charge is -2.28. The Morgan fingerprint density at radius 3 is 2.67 bits per heavy atom. The van der Waals surface area contributed by atoms with Crippen LogP contribution in [0.2, 0.25) is 0 Å². The molecule has 0 fully saturated rings. The molecular formula is C21H21N3O6. The number of aromatic nitrogens is 1. The normalized spacial score (nSPS) is 13.9. The van der Waals surface area contributed by atoms with Crippen LogP contribution in [0.3, 0.4) is 0 Å². The number of carboxylic acid groups (broad SMARTS) is 1. The van der Waals surface area contributed by atoms with Gasteiger partial charge in [0.05, 0.1) is 12.8 Å². The van der Waals surface area contributed by atoms with Gasteiger partial charge in [0.15, 0.2) is 0 Å². The Hall–Kier alpha value is -3.88. The predicted octanol–water partition coefficient (Wildman–Crippen LogP) is 1.50. The standard InChI is InChI=1S/C21H21N3O6/c1-30-17-5-3-2-4-14(17)15-7-6-13(10-22-15)12-24-9-8-16(25)19(21(24)29)20(28)23-11-18(26)27/h2-7,10,25H,8-9,11-12H2,1H3,(H,23,28)(H,26,27). The zero-order chi connectivity index (χ0) is 21.7. The number of rotatable bonds is 7. The molecule has 0 saturated heterocycles. The van der Waals surface area contributed by atoms with E-state index in [0.717, 1.165) is 11.1 Å². The van der Waals surface area contributed by atoms with Gasteiger partial charge in [0.25, 0.3) is 11.8 Å². The van der Waals surface area contributed by atoms with E-state index < -0.39 is 29.9 Å². The van der Waals surface area contributed by atoms with Crippen molar-refractivity contribution in [2.75, 3.05) is 20.2 Å². The highest BCUT2D eigenvalue weighted by Gasteiger charge is 2.32. The van der Waals surface area contributed by atoms with Crippen molar-refractivity contribution in [3.8, 4) is 17.0 Å². The van der Waals surface area contributed by atoms with Crippen LogP contribution in [0, 0.1) is 0 Å². The summed E-state index contributed by atoms with van der Waals surface area (Å²) in [4.78, 5) is 41.3. The number of pyridine rings is 1. The third kappa shape index (κ3) is 4.57. The van der Waals surface area contributed by atoms with Crippen LogP contribution in [-0.2, 0) is 20.9 Å². The SMILES string of the molecule is COc1ccccc1-c1ccc(CN2CCC(O)=C(C(=O)NCC(=O)O)C2=O)cn1. The first-order valence-electron chi connectivity index (χ1n) is 9.20. The summed E-state index contributed by atoms with van der Waals surface area (Å²) in [7, 11) is 1.59. The van der Waals surface area contributed by atoms with Gasteiger partial charge in [-0.2, -0.15) is 0 Å². The van der Waals surface area contributed by atoms with E-state index in [9.17, 15) is 19.5 Å². The molecule has 9 heteroatoms. The van der Waals surface area contributed by atoms with Crippen LogP contribution in [0.15, 0.2) is 53.9 Å². The number of nitrogens with zero attached hydrogens (tertiary/aromatic N) is 2. The summed E-state index contributed by atoms with van der Waals surface area (Å²) < 4.78 is 5.35. The van der Waals surface area contributed by atoms with E-state index in [0.29, 0.717) is 11.4 Å². The van der Waals surface area contributed by atoms with E-state index >= 15 is 0 Å². The molecular weight excluding hydrogens is 390 g/mol. The number of aliphatic carboxylic acids is 1. The molecule has 2 amide bonds. The molecule has 3 rings (SSSR count). The molecule has 156 valence electrons. The number of hydrogen-bond acceptors (Lipinski definition) is 6. The van der Waals surface area contributed by atoms with E-state index in [1.54, 1.807) is 13.3 Å². The average Bonchev–Trinajstić information content (AvgIpc) is 2.75. The van der Waals surface area contributed by atoms with E-state index in [4.69, 9.17) is 9.84 Å². The van der Waals surface area contributed by atoms with Crippen LogP contribution in [0.4, 0.5) is 0 Å². The number of carboxylic acids is 1. The van der Waals surface area contributed by atoms with Crippen LogP contribution in [0.1, 0.15) is 12.0 Å². The number of carbonyl (C=O) groups excluding carboxylic acids is 2. The number of benzene rings is 1. The maximum Gasteiger partial charge on any atom is 0.322 e. The Bertz CT molecular complexity index is 1000. The minimum atomic E-state index is -1.25. The number of carbonyl (C=O) groups is 3. The van der Waals surface area contributed by atoms with Gasteiger partial charge < -0.3 is 25.2 Å². The first-order chi connectivity index (χ1) is 14.4. The van der Waals surface area contributed by atoms with Crippen LogP contribution in [0.5, 0.6) is 5.75 Å². The molecule has 0 radical (unpaired) electrons. The van der Waals surface area contributed by atoms with Crippen molar-refractivity contribution in [3.63, 3.8) is 0 Å². The van der Waals surface area contributed by atoms with Gasteiger partial charge >= 0.3 is 5.97 Å². The molecule has 0 unspecified atom stereocenters. The smallest absolute Gasteiger partial charge is 0.322 e. The molecule has 9 nitrogen and oxygen atoms in total. The van der Waals surface area contributed by atoms with Gasteiger partial charge in [0.2, 0.25) is 0 Å². The third-order valence-corrected chi connectivity index (χ3v) is 4.62. The van der Waals surface area contributed by atoms with E-state index in [2.05, 4.69) is 10.3 Å². The molecule has 30 heavy (non-hydrogen) atoms. The molecule has 0 bridgehead atoms. The van der Waals surface area contributed by atoms with E-state index in [1.165, 1.54) is 4.90 Å². The number of amides is 2. The van der Waals surface area contributed by atoms with Crippen molar-refractivity contribution < 1.29 is 29.3 Å². The van der Waals surface area contributed by atoms with Crippen molar-refractivity contribution in [1.82, 2.24) is 15.2 Å². The second-order valence-electron chi connectivity index (χ2n) is 6.63. The second-order valence-corrected chi connectivity index (χ2v) is 6.63. The van der Waals surface area contributed by atoms with Crippen LogP contribution in [-0.4, -0.2) is 58.1 Å². The molecule has 1 aromatic carbocycles. The lowest BCUT2D eigenvalue weighted by Crippen LogP contribution is -2.43. The monoisotopic (exact) mass is 411 g/mol. The largest absolute Gasteiger partial charge is 0.511 e. The number of aliphatic hydroxyl groups is 1. The predicted molar refractivity (Wildman–Crippen MR) is 107 cm³/mol. The lowest BCUT2D eigenvalue weighted by molar-refractivity contribution is -0.138. The van der Waals surface area contributed by atoms with Crippen LogP contribution in [0.25, 0.3) is 11.3 Å². The van der Waals surface area contributed by atoms with E-state index in [1.807, 2.05) is 36.4 Å². The Morgan fingerprint density at radius 1 is 1.23 bits per heavy atom. The Morgan fingerprint density at radius 2 is 2.00 bits per heavy atom. The summed E-state index contributed by atoms with van der Waals surface area (Å²) in [6.07, 6.45) is 1.74. The van der Waals surface area contributed by atoms with Crippen molar-refractivity contribution in [2.24, 2.45) is 0 Å². The zero-order valence-electron chi connectivity index (χ0n) is 16.3. The molecule has 0 atom stereocenters. The van der Waals surface area contributed by atoms with Gasteiger partial charge in [-0.25, -0.2) is 0 Å². The maximum absolute atomic E-state index is 12.7. The molecule has 1 aromatic heterocycles. The van der Waals surface area contributed by atoms with Crippen molar-refractivity contribution in [2.45, 2.75) is 13.0 Å². The number of nitrogens with one attached hydrogen (secondary N) is 1. The minimum Gasteiger partial charge on any atom is -0.511 e. The average molecular weight is 411 g/mol. The fourth-order valence-electron chi connectivity index (χ4n) is 3.13. The molecule has 1 aliphatic rings. The molecule has 0 saturated carbocycles. The Balaban J connectivity index is 1.73. The van der Waals surface area contributed by atoms with Gasteiger partial charge in [-0.15, -0.1) is 0 Å². The molecule has 0 aliphatic carbocycles. The summed E-state index contributed by atoms with van der Waals surface area (Å²) in [6, 6.07) is 11.1. The molecule has 3 N–H and O–H groups in total. The van der Waals surface area contributed by atoms with Crippen LogP contribution < -0.4 is 10.1 Å². The van der Waals surface area contributed by atoms with Crippen molar-refractivity contribution in [3.05, 3.63) is 59.5 Å². The number of methoxy groups -OCH3 is 1. The first kappa shape index (κ1) is 20.8. The summed E-state index contributed by atoms with van der Waals surface area (Å²) in [5.41, 5.74) is 1.87. The topological polar surface area (TPSA) is 129 Å². The first-order valence-corrected chi connectivity index (χ1v) is 9.20. The van der Waals surface area contributed by atoms with Gasteiger partial charge in [-0.05, 0) is 23.8 Å². The minimum absolute atomic E-state index is 0.105. The van der Waals surface area contributed by atoms with Crippen LogP contribution >= 0.6 is 0 Å². The maximum atomic E-state index is 12.7. The fourth-order valence-corrected chi connectivity index (χ4v) is 3.13. The number of ether oxygens (including phenoxy) is 1. The fraction of sp³-hybridized carbons (Fsp3) is 0.238. The molecule has 2 aromatic rings. The zero-order valence-corrected chi connectivity index (χ0v) is 16.3. The summed E-state index contributed by atoms with van der Waals surface area (Å²) in [5.74, 6) is -2.46. The third-order valence-electron chi connectivity index (χ3n) is 4.62. The highest BCUT2D eigenvalue weighted by Crippen LogP contribution is 2.28. The van der Waals surface area contributed by atoms with Gasteiger partial charge in [-0.1, -0.05) is 18.2 Å². The number of hydrogen-bond donors (Lipinski definition) is 3. The second kappa shape index (κ2) is 9.08. The van der Waals surface area contributed by atoms with Gasteiger partial charge in [0.1, 0.15) is 23.6 Å². The van der Waals surface area contributed by atoms with Crippen molar-refractivity contribution in [1.29, 1.82) is 0 Å². The van der Waals surface area contributed by atoms with Crippen molar-refractivity contribution >= 4 is 17.8 Å². The number of aliphatic hydroxyl groups excluding tert-OH is 1. The Kier molecular flexibility index (Phi) is 6.31. The summed E-state index contributed by atoms with van der Waals surface area (Å²) in [6.45, 7) is -0.215. The summed E-state index contributed by atoms with van der Waals surface area (Å²) in [5, 5.41) is 20.7. The number of para-hydroxylation sites is 1. The molecule has 0 spiro atoms. The summed E-state index contributed by atoms with van der Waals surface area (Å²) >= 11 is 0. The van der Waals surface area contributed by atoms with Gasteiger partial charge in [-0.3, -0.25) is 19.4 Å². The van der Waals surface area contributed by atoms with Gasteiger partial charge in [0, 0.05) is 31.3 Å². The lowest BCUT2D eigenvalue weighted by atomic mass is 10.0. The Labute approximate surface area is 172 Å².